The first-order valence-electron chi connectivity index (χ1n) is 35.6. The molecule has 8 bridgehead atoms. The summed E-state index contributed by atoms with van der Waals surface area (Å²) in [4.78, 5) is 150. The van der Waals surface area contributed by atoms with Gasteiger partial charge < -0.3 is 59.8 Å². The van der Waals surface area contributed by atoms with Gasteiger partial charge in [-0.15, -0.1) is 19.7 Å². The van der Waals surface area contributed by atoms with E-state index in [4.69, 9.17) is 18.9 Å². The zero-order chi connectivity index (χ0) is 76.5. The number of carbonyl (C=O) groups is 10. The van der Waals surface area contributed by atoms with E-state index in [9.17, 15) is 64.8 Å². The topological polar surface area (TPSA) is 387 Å². The fourth-order valence-corrected chi connectivity index (χ4v) is 16.3. The zero-order valence-corrected chi connectivity index (χ0v) is 60.9. The Hall–Kier alpha value is -10.8. The van der Waals surface area contributed by atoms with Crippen molar-refractivity contribution in [3.8, 4) is 11.8 Å². The molecule has 0 unspecified atom stereocenters. The van der Waals surface area contributed by atoms with Gasteiger partial charge in [-0.25, -0.2) is 36.4 Å². The standard InChI is InChI=1S/C38H44N6O9S.C37H44N6O9S/c1-4-17-43(32(45)6-3)23-30-35(47)44-22-27(20-31(44)33(46)41-38(21-26(38)5-2)36(48)42-54(50,51)28-13-14-28)53-34-29-19-24(11-12-25(29)15-16-39-34)10-8-7-9-18-52-37(49)40-30;1-4-25-20-37(25,35(47)41-53(49,50)27-13-14-27)40-32(45)30-19-26-21-43(30)34(46)29(22-42(6-3)31(44)5-2)39-36(48)51-17-9-7-8-10-23-11-12-24-15-16-38-33(52-26)28(24)18-23/h4-6,8,10-12,15-16,19,26-28,30-31H,1-3,7,9,13-14,17-18,20-23H2,(H,40,49)(H,41,46)(H,42,48);4-5,8,10-12,15-16,18,25-27,29-30H,1-2,6-7,9,13-14,17,19-22H2,3H3,(H,39,48)(H,40,45)(H,41,47)/b2*10-8+/t26-,27-,30+,31+,38-;25-,26-,29+,30+,37-/m11/s1. The maximum atomic E-state index is 14.6. The third kappa shape index (κ3) is 18.0. The highest BCUT2D eigenvalue weighted by Gasteiger charge is 2.63. The van der Waals surface area contributed by atoms with Crippen LogP contribution < -0.4 is 40.2 Å². The molecule has 6 fully saturated rings. The smallest absolute Gasteiger partial charge is 0.407 e. The molecule has 6 heterocycles. The minimum Gasteiger partial charge on any atom is -0.472 e. The van der Waals surface area contributed by atoms with Crippen LogP contribution >= 0.6 is 0 Å². The zero-order valence-electron chi connectivity index (χ0n) is 59.3. The van der Waals surface area contributed by atoms with Crippen molar-refractivity contribution in [3.05, 3.63) is 147 Å². The minimum atomic E-state index is -3.94. The molecule has 4 aliphatic heterocycles. The summed E-state index contributed by atoms with van der Waals surface area (Å²) in [5.41, 5.74) is -1.43. The number of nitrogens with zero attached hydrogens (tertiary/aromatic N) is 6. The van der Waals surface area contributed by atoms with Crippen LogP contribution in [-0.2, 0) is 67.9 Å². The lowest BCUT2D eigenvalue weighted by Gasteiger charge is -2.32. The van der Waals surface area contributed by atoms with Crippen LogP contribution in [0.3, 0.4) is 0 Å². The van der Waals surface area contributed by atoms with Crippen LogP contribution in [-0.4, -0.2) is 216 Å². The molecule has 107 heavy (non-hydrogen) atoms. The number of rotatable bonds is 21. The van der Waals surface area contributed by atoms with E-state index >= 15 is 0 Å². The number of amides is 10. The molecule has 10 amide bonds. The van der Waals surface area contributed by atoms with E-state index < -0.39 is 149 Å². The van der Waals surface area contributed by atoms with Crippen molar-refractivity contribution < 1.29 is 83.7 Å². The van der Waals surface area contributed by atoms with Crippen molar-refractivity contribution in [2.24, 2.45) is 11.8 Å². The fourth-order valence-electron chi connectivity index (χ4n) is 13.6. The van der Waals surface area contributed by atoms with Crippen molar-refractivity contribution in [3.63, 3.8) is 0 Å². The van der Waals surface area contributed by atoms with Gasteiger partial charge in [0.15, 0.2) is 0 Å². The quantitative estimate of drug-likeness (QED) is 0.0492. The number of nitrogens with one attached hydrogen (secondary N) is 6. The Kier molecular flexibility index (Phi) is 23.8. The number of hydrogen-bond donors (Lipinski definition) is 6. The van der Waals surface area contributed by atoms with Gasteiger partial charge in [-0.05, 0) is 129 Å². The van der Waals surface area contributed by atoms with E-state index in [0.717, 1.165) is 39.4 Å². The Bertz CT molecular complexity index is 4540. The molecule has 2 aromatic carbocycles. The molecule has 32 heteroatoms. The first-order chi connectivity index (χ1) is 51.3. The predicted octanol–water partition coefficient (Wildman–Crippen LogP) is 4.54. The molecule has 12 rings (SSSR count). The van der Waals surface area contributed by atoms with Crippen molar-refractivity contribution in [2.45, 2.75) is 142 Å². The van der Waals surface area contributed by atoms with Crippen molar-refractivity contribution in [1.82, 2.24) is 60.3 Å². The summed E-state index contributed by atoms with van der Waals surface area (Å²) in [6.07, 6.45) is 18.2. The van der Waals surface area contributed by atoms with Gasteiger partial charge in [-0.2, -0.15) is 0 Å². The van der Waals surface area contributed by atoms with Gasteiger partial charge >= 0.3 is 12.2 Å². The van der Waals surface area contributed by atoms with Crippen LogP contribution in [0.2, 0.25) is 0 Å². The van der Waals surface area contributed by atoms with Crippen LogP contribution in [0, 0.1) is 11.8 Å². The number of benzene rings is 2. The molecule has 0 spiro atoms. The first kappa shape index (κ1) is 77.3. The molecule has 4 aliphatic carbocycles. The molecule has 10 atom stereocenters. The Balaban J connectivity index is 0.000000213. The number of hydrogen-bond acceptors (Lipinski definition) is 20. The average molecular weight is 1510 g/mol. The summed E-state index contributed by atoms with van der Waals surface area (Å²) in [5, 5.41) is 12.5. The van der Waals surface area contributed by atoms with Gasteiger partial charge in [0.2, 0.25) is 67.2 Å². The predicted molar refractivity (Wildman–Crippen MR) is 394 cm³/mol. The third-order valence-electron chi connectivity index (χ3n) is 20.1. The number of ether oxygens (including phenoxy) is 4. The molecule has 568 valence electrons. The number of allylic oxidation sites excluding steroid dienone is 2. The Labute approximate surface area is 619 Å². The lowest BCUT2D eigenvalue weighted by atomic mass is 10.1. The molecule has 4 aromatic rings. The number of carbonyl (C=O) groups excluding carboxylic acids is 10. The van der Waals surface area contributed by atoms with Gasteiger partial charge in [0.05, 0.1) is 49.9 Å². The second kappa shape index (κ2) is 32.9. The van der Waals surface area contributed by atoms with E-state index in [2.05, 4.69) is 73.6 Å². The Morgan fingerprint density at radius 2 is 1.03 bits per heavy atom. The normalized spacial score (nSPS) is 26.4. The Morgan fingerprint density at radius 3 is 1.41 bits per heavy atom. The highest BCUT2D eigenvalue weighted by atomic mass is 32.2. The third-order valence-corrected chi connectivity index (χ3v) is 23.7. The van der Waals surface area contributed by atoms with Crippen LogP contribution in [0.4, 0.5) is 9.59 Å². The molecule has 4 saturated carbocycles. The molecule has 0 radical (unpaired) electrons. The monoisotopic (exact) mass is 1510 g/mol. The van der Waals surface area contributed by atoms with Crippen LogP contribution in [0.25, 0.3) is 33.7 Å². The van der Waals surface area contributed by atoms with Crippen molar-refractivity contribution in [1.29, 1.82) is 0 Å². The van der Waals surface area contributed by atoms with Gasteiger partial charge in [-0.1, -0.05) is 80.0 Å². The number of aromatic nitrogens is 2. The molecule has 6 N–H and O–H groups in total. The van der Waals surface area contributed by atoms with Crippen LogP contribution in [0.15, 0.2) is 136 Å². The number of likely N-dealkylation sites (N-methyl/N-ethyl adjacent to an activating group) is 1. The molecular formula is C75H88N12O18S2. The molecular weight excluding hydrogens is 1420 g/mol. The summed E-state index contributed by atoms with van der Waals surface area (Å²) in [6.45, 7) is 19.4. The van der Waals surface area contributed by atoms with Crippen molar-refractivity contribution in [2.75, 3.05) is 52.5 Å². The first-order valence-corrected chi connectivity index (χ1v) is 38.7. The summed E-state index contributed by atoms with van der Waals surface area (Å²) in [5.74, 6) is -6.22. The maximum Gasteiger partial charge on any atom is 0.407 e. The second-order valence-corrected chi connectivity index (χ2v) is 31.5. The average Bonchev–Trinajstić information content (AvgIpc) is 1.58. The van der Waals surface area contributed by atoms with Gasteiger partial charge in [0, 0.05) is 60.9 Å². The SMILES string of the molecule is C=CC(=O)N(CC)C[C@@H]1NC(=O)OCCC/C=C/c2ccc3ccnc(c3c2)O[C@@H]2C[C@@H](C(=O)N[C@]3(C(=O)NS(=O)(=O)C4CC4)C[C@H]3C=C)N(C2)C1=O.C=CCN(C[C@@H]1NC(=O)OCCC/C=C/c2ccc3ccnc(c3c2)O[C@@H]2C[C@@H](C(=O)N[C@]3(C(=O)NS(=O)(=O)C4CC4)C[C@H]3C=C)N(C2)C1=O)C(=O)C=C. The van der Waals surface area contributed by atoms with Gasteiger partial charge in [0.25, 0.3) is 11.8 Å². The van der Waals surface area contributed by atoms with Crippen LogP contribution in [0.1, 0.15) is 95.1 Å². The minimum absolute atomic E-state index is 0.0203. The van der Waals surface area contributed by atoms with E-state index in [1.165, 1.54) is 37.8 Å². The molecule has 2 saturated heterocycles. The summed E-state index contributed by atoms with van der Waals surface area (Å²) in [7, 11) is -7.86. The largest absolute Gasteiger partial charge is 0.472 e. The van der Waals surface area contributed by atoms with Crippen LogP contribution in [0.5, 0.6) is 11.8 Å². The number of sulfonamides is 2. The van der Waals surface area contributed by atoms with Crippen molar-refractivity contribution >= 4 is 113 Å². The summed E-state index contributed by atoms with van der Waals surface area (Å²) in [6, 6.07) is 10.1. The molecule has 2 aromatic heterocycles. The highest BCUT2D eigenvalue weighted by Crippen LogP contribution is 2.47. The summed E-state index contributed by atoms with van der Waals surface area (Å²) < 4.78 is 78.7. The maximum absolute atomic E-state index is 14.6. The lowest BCUT2D eigenvalue weighted by molar-refractivity contribution is -0.142. The van der Waals surface area contributed by atoms with Gasteiger partial charge in [-0.3, -0.25) is 47.8 Å². The van der Waals surface area contributed by atoms with E-state index in [1.54, 1.807) is 19.3 Å². The van der Waals surface area contributed by atoms with E-state index in [1.807, 2.05) is 72.8 Å². The number of pyridine rings is 2. The Morgan fingerprint density at radius 1 is 0.607 bits per heavy atom. The molecule has 30 nitrogen and oxygen atoms in total. The molecule has 8 aliphatic rings. The van der Waals surface area contributed by atoms with E-state index in [-0.39, 0.29) is 84.0 Å². The number of cyclic esters (lactones) is 2. The van der Waals surface area contributed by atoms with Gasteiger partial charge in [0.1, 0.15) is 47.5 Å². The number of alkyl carbamates (subject to hydrolysis) is 2. The van der Waals surface area contributed by atoms with E-state index in [0.29, 0.717) is 62.6 Å². The number of fused-ring (bicyclic) bond motifs is 6. The highest BCUT2D eigenvalue weighted by molar-refractivity contribution is 7.91. The summed E-state index contributed by atoms with van der Waals surface area (Å²) >= 11 is 0. The second-order valence-electron chi connectivity index (χ2n) is 27.6. The fraction of sp³-hybridized carbons (Fsp3) is 0.440. The lowest BCUT2D eigenvalue weighted by Crippen LogP contribution is -2.60.